The predicted molar refractivity (Wildman–Crippen MR) is 59.0 cm³/mol. The van der Waals surface area contributed by atoms with E-state index in [2.05, 4.69) is 6.58 Å². The number of rotatable bonds is 6. The first-order chi connectivity index (χ1) is 7.57. The second-order valence-electron chi connectivity index (χ2n) is 4.38. The summed E-state index contributed by atoms with van der Waals surface area (Å²) in [5.41, 5.74) is 0. The number of aliphatic carboxylic acids is 2. The van der Waals surface area contributed by atoms with Crippen LogP contribution in [0, 0.1) is 17.8 Å². The van der Waals surface area contributed by atoms with E-state index in [-0.39, 0.29) is 12.3 Å². The molecule has 0 aliphatic heterocycles. The summed E-state index contributed by atoms with van der Waals surface area (Å²) in [6.07, 6.45) is 5.39. The Kier molecular flexibility index (Phi) is 4.52. The average Bonchev–Trinajstić information content (AvgIpc) is 2.69. The lowest BCUT2D eigenvalue weighted by Crippen LogP contribution is -2.34. The first-order valence-electron chi connectivity index (χ1n) is 5.64. The molecule has 1 fully saturated rings. The van der Waals surface area contributed by atoms with Crippen LogP contribution < -0.4 is 0 Å². The molecule has 4 nitrogen and oxygen atoms in total. The van der Waals surface area contributed by atoms with Crippen LogP contribution in [-0.2, 0) is 9.59 Å². The van der Waals surface area contributed by atoms with Gasteiger partial charge in [-0.2, -0.15) is 0 Å². The molecular formula is C12H18O4. The normalized spacial score (nSPS) is 20.2. The minimum absolute atomic E-state index is 0.0125. The topological polar surface area (TPSA) is 74.6 Å². The smallest absolute Gasteiger partial charge is 0.307 e. The van der Waals surface area contributed by atoms with Crippen LogP contribution in [0.15, 0.2) is 12.7 Å². The number of carboxylic acids is 2. The molecule has 2 N–H and O–H groups in total. The summed E-state index contributed by atoms with van der Waals surface area (Å²) in [6, 6.07) is 0. The van der Waals surface area contributed by atoms with E-state index < -0.39 is 23.8 Å². The molecule has 1 rings (SSSR count). The first-order valence-corrected chi connectivity index (χ1v) is 5.64. The molecule has 0 saturated heterocycles. The van der Waals surface area contributed by atoms with Crippen LogP contribution in [0.4, 0.5) is 0 Å². The van der Waals surface area contributed by atoms with Crippen LogP contribution in [0.1, 0.15) is 32.1 Å². The number of hydrogen-bond donors (Lipinski definition) is 2. The van der Waals surface area contributed by atoms with Crippen LogP contribution in [0.3, 0.4) is 0 Å². The van der Waals surface area contributed by atoms with E-state index in [0.29, 0.717) is 0 Å². The van der Waals surface area contributed by atoms with Crippen molar-refractivity contribution < 1.29 is 19.8 Å². The van der Waals surface area contributed by atoms with Crippen molar-refractivity contribution in [3.05, 3.63) is 12.7 Å². The van der Waals surface area contributed by atoms with Gasteiger partial charge in [-0.3, -0.25) is 9.59 Å². The zero-order valence-corrected chi connectivity index (χ0v) is 9.26. The second kappa shape index (κ2) is 5.68. The molecular weight excluding hydrogens is 208 g/mol. The van der Waals surface area contributed by atoms with Crippen LogP contribution in [0.2, 0.25) is 0 Å². The van der Waals surface area contributed by atoms with Crippen molar-refractivity contribution in [3.63, 3.8) is 0 Å². The van der Waals surface area contributed by atoms with Crippen molar-refractivity contribution in [2.75, 3.05) is 0 Å². The van der Waals surface area contributed by atoms with Crippen molar-refractivity contribution in [1.82, 2.24) is 0 Å². The Labute approximate surface area is 95.0 Å². The van der Waals surface area contributed by atoms with Crippen LogP contribution in [0.25, 0.3) is 0 Å². The quantitative estimate of drug-likeness (QED) is 0.680. The van der Waals surface area contributed by atoms with Gasteiger partial charge in [0, 0.05) is 0 Å². The van der Waals surface area contributed by atoms with Crippen molar-refractivity contribution in [2.24, 2.45) is 17.8 Å². The fourth-order valence-corrected chi connectivity index (χ4v) is 2.60. The Morgan fingerprint density at radius 3 is 2.19 bits per heavy atom. The maximum absolute atomic E-state index is 11.2. The summed E-state index contributed by atoms with van der Waals surface area (Å²) >= 11 is 0. The van der Waals surface area contributed by atoms with Crippen molar-refractivity contribution in [1.29, 1.82) is 0 Å². The molecule has 0 spiro atoms. The third-order valence-corrected chi connectivity index (χ3v) is 3.36. The highest BCUT2D eigenvalue weighted by molar-refractivity contribution is 5.80. The van der Waals surface area contributed by atoms with E-state index >= 15 is 0 Å². The minimum atomic E-state index is -1.03. The Morgan fingerprint density at radius 1 is 1.25 bits per heavy atom. The summed E-state index contributed by atoms with van der Waals surface area (Å²) in [6.45, 7) is 3.49. The van der Waals surface area contributed by atoms with Crippen molar-refractivity contribution in [3.8, 4) is 0 Å². The average molecular weight is 226 g/mol. The van der Waals surface area contributed by atoms with E-state index in [4.69, 9.17) is 5.11 Å². The van der Waals surface area contributed by atoms with Crippen LogP contribution in [0.5, 0.6) is 0 Å². The molecule has 0 radical (unpaired) electrons. The van der Waals surface area contributed by atoms with Gasteiger partial charge in [0.2, 0.25) is 0 Å². The van der Waals surface area contributed by atoms with Gasteiger partial charge < -0.3 is 10.2 Å². The number of carboxylic acid groups (broad SMARTS) is 2. The van der Waals surface area contributed by atoms with Gasteiger partial charge in [-0.25, -0.2) is 0 Å². The maximum atomic E-state index is 11.2. The van der Waals surface area contributed by atoms with E-state index in [0.717, 1.165) is 25.7 Å². The SMILES string of the molecule is C=CC[C@H](C(=O)O)[C@@H](C(=O)O)C1CCCC1. The predicted octanol–water partition coefficient (Wildman–Crippen LogP) is 2.15. The molecule has 0 aromatic heterocycles. The minimum Gasteiger partial charge on any atom is -0.481 e. The molecule has 1 aliphatic rings. The van der Waals surface area contributed by atoms with Gasteiger partial charge in [-0.05, 0) is 25.2 Å². The molecule has 2 atom stereocenters. The third-order valence-electron chi connectivity index (χ3n) is 3.36. The number of hydrogen-bond acceptors (Lipinski definition) is 2. The van der Waals surface area contributed by atoms with Gasteiger partial charge in [0.05, 0.1) is 11.8 Å². The lowest BCUT2D eigenvalue weighted by atomic mass is 9.79. The van der Waals surface area contributed by atoms with Crippen LogP contribution in [-0.4, -0.2) is 22.2 Å². The Bertz CT molecular complexity index is 279. The molecule has 0 aromatic rings. The Balaban J connectivity index is 2.83. The highest BCUT2D eigenvalue weighted by atomic mass is 16.4. The highest BCUT2D eigenvalue weighted by Crippen LogP contribution is 2.36. The number of allylic oxidation sites excluding steroid dienone is 1. The van der Waals surface area contributed by atoms with E-state index in [1.54, 1.807) is 0 Å². The highest BCUT2D eigenvalue weighted by Gasteiger charge is 2.39. The molecule has 4 heteroatoms. The maximum Gasteiger partial charge on any atom is 0.307 e. The van der Waals surface area contributed by atoms with Gasteiger partial charge in [0.15, 0.2) is 0 Å². The summed E-state index contributed by atoms with van der Waals surface area (Å²) in [5, 5.41) is 18.3. The lowest BCUT2D eigenvalue weighted by Gasteiger charge is -2.24. The van der Waals surface area contributed by atoms with E-state index in [9.17, 15) is 14.7 Å². The molecule has 0 heterocycles. The van der Waals surface area contributed by atoms with Crippen molar-refractivity contribution in [2.45, 2.75) is 32.1 Å². The molecule has 0 bridgehead atoms. The molecule has 1 saturated carbocycles. The van der Waals surface area contributed by atoms with E-state index in [1.165, 1.54) is 6.08 Å². The summed E-state index contributed by atoms with van der Waals surface area (Å²) in [4.78, 5) is 22.3. The third kappa shape index (κ3) is 2.84. The fraction of sp³-hybridized carbons (Fsp3) is 0.667. The molecule has 0 aromatic carbocycles. The first kappa shape index (κ1) is 12.7. The van der Waals surface area contributed by atoms with Crippen LogP contribution >= 0.6 is 0 Å². The molecule has 0 amide bonds. The van der Waals surface area contributed by atoms with Gasteiger partial charge >= 0.3 is 11.9 Å². The zero-order chi connectivity index (χ0) is 12.1. The largest absolute Gasteiger partial charge is 0.481 e. The second-order valence-corrected chi connectivity index (χ2v) is 4.38. The monoisotopic (exact) mass is 226 g/mol. The standard InChI is InChI=1S/C12H18O4/c1-2-5-9(11(13)14)10(12(15)16)8-6-3-4-7-8/h2,8-10H,1,3-7H2,(H,13,14)(H,15,16)/t9-,10-/m0/s1. The van der Waals surface area contributed by atoms with Gasteiger partial charge in [0.1, 0.15) is 0 Å². The van der Waals surface area contributed by atoms with E-state index in [1.807, 2.05) is 0 Å². The van der Waals surface area contributed by atoms with Crippen molar-refractivity contribution >= 4 is 11.9 Å². The zero-order valence-electron chi connectivity index (χ0n) is 9.26. The molecule has 90 valence electrons. The lowest BCUT2D eigenvalue weighted by molar-refractivity contribution is -0.156. The number of carbonyl (C=O) groups is 2. The Morgan fingerprint density at radius 2 is 1.81 bits per heavy atom. The molecule has 0 unspecified atom stereocenters. The van der Waals surface area contributed by atoms with Gasteiger partial charge in [-0.1, -0.05) is 18.9 Å². The van der Waals surface area contributed by atoms with Gasteiger partial charge in [0.25, 0.3) is 0 Å². The summed E-state index contributed by atoms with van der Waals surface area (Å²) in [7, 11) is 0. The van der Waals surface area contributed by atoms with Gasteiger partial charge in [-0.15, -0.1) is 6.58 Å². The summed E-state index contributed by atoms with van der Waals surface area (Å²) < 4.78 is 0. The summed E-state index contributed by atoms with van der Waals surface area (Å²) in [5.74, 6) is -3.60. The molecule has 1 aliphatic carbocycles. The molecule has 16 heavy (non-hydrogen) atoms. The fourth-order valence-electron chi connectivity index (χ4n) is 2.60. The Hall–Kier alpha value is -1.32.